The van der Waals surface area contributed by atoms with Gasteiger partial charge in [-0.1, -0.05) is 24.3 Å². The first-order chi connectivity index (χ1) is 14.7. The van der Waals surface area contributed by atoms with Crippen molar-refractivity contribution in [1.29, 1.82) is 0 Å². The average Bonchev–Trinajstić information content (AvgIpc) is 3.39. The summed E-state index contributed by atoms with van der Waals surface area (Å²) >= 11 is 0. The Morgan fingerprint density at radius 1 is 1.03 bits per heavy atom. The third kappa shape index (κ3) is 3.41. The lowest BCUT2D eigenvalue weighted by atomic mass is 10.1. The van der Waals surface area contributed by atoms with Gasteiger partial charge in [0.2, 0.25) is 0 Å². The van der Waals surface area contributed by atoms with Gasteiger partial charge in [-0.15, -0.1) is 0 Å². The van der Waals surface area contributed by atoms with E-state index in [9.17, 15) is 4.39 Å². The van der Waals surface area contributed by atoms with E-state index in [2.05, 4.69) is 20.5 Å². The Bertz CT molecular complexity index is 1340. The van der Waals surface area contributed by atoms with Gasteiger partial charge in [-0.3, -0.25) is 9.67 Å². The normalized spacial score (nSPS) is 11.1. The van der Waals surface area contributed by atoms with Gasteiger partial charge in [0.15, 0.2) is 0 Å². The average molecular weight is 398 g/mol. The fourth-order valence-corrected chi connectivity index (χ4v) is 3.42. The first-order valence-electron chi connectivity index (χ1n) is 9.61. The molecule has 3 aromatic heterocycles. The van der Waals surface area contributed by atoms with Crippen LogP contribution in [0.2, 0.25) is 0 Å². The topological polar surface area (TPSA) is 71.4 Å². The van der Waals surface area contributed by atoms with E-state index >= 15 is 0 Å². The summed E-state index contributed by atoms with van der Waals surface area (Å²) in [6, 6.07) is 18.5. The van der Waals surface area contributed by atoms with Crippen LogP contribution in [0.4, 0.5) is 10.1 Å². The van der Waals surface area contributed by atoms with Gasteiger partial charge < -0.3 is 5.32 Å². The van der Waals surface area contributed by atoms with Crippen molar-refractivity contribution >= 4 is 16.6 Å². The van der Waals surface area contributed by atoms with Crippen molar-refractivity contribution in [1.82, 2.24) is 24.7 Å². The predicted molar refractivity (Wildman–Crippen MR) is 115 cm³/mol. The van der Waals surface area contributed by atoms with Crippen LogP contribution in [0.5, 0.6) is 0 Å². The molecule has 0 amide bonds. The van der Waals surface area contributed by atoms with Crippen LogP contribution in [-0.2, 0) is 6.54 Å². The number of nitrogens with one attached hydrogen (secondary N) is 2. The van der Waals surface area contributed by atoms with Gasteiger partial charge in [0, 0.05) is 22.8 Å². The summed E-state index contributed by atoms with van der Waals surface area (Å²) in [6.45, 7) is 2.30. The first kappa shape index (κ1) is 18.1. The number of anilines is 1. The van der Waals surface area contributed by atoms with Crippen molar-refractivity contribution in [2.45, 2.75) is 13.5 Å². The second-order valence-electron chi connectivity index (χ2n) is 7.05. The summed E-state index contributed by atoms with van der Waals surface area (Å²) in [4.78, 5) is 9.46. The zero-order valence-corrected chi connectivity index (χ0v) is 16.3. The summed E-state index contributed by atoms with van der Waals surface area (Å²) in [5, 5.41) is 11.2. The van der Waals surface area contributed by atoms with Gasteiger partial charge in [-0.05, 0) is 43.3 Å². The number of H-pyrrole nitrogens is 1. The SMILES string of the molecule is Cc1cccc(-n2cc(-c3ccc4[nH]ncc4c3)nc2CNc2ccccc2F)n1. The molecule has 0 saturated heterocycles. The van der Waals surface area contributed by atoms with Crippen LogP contribution >= 0.6 is 0 Å². The molecule has 30 heavy (non-hydrogen) atoms. The Kier molecular flexibility index (Phi) is 4.48. The van der Waals surface area contributed by atoms with Gasteiger partial charge in [-0.2, -0.15) is 5.10 Å². The predicted octanol–water partition coefficient (Wildman–Crippen LogP) is 4.87. The van der Waals surface area contributed by atoms with E-state index in [0.717, 1.165) is 39.5 Å². The van der Waals surface area contributed by atoms with E-state index < -0.39 is 0 Å². The molecule has 0 unspecified atom stereocenters. The molecule has 0 bridgehead atoms. The molecule has 5 rings (SSSR count). The number of pyridine rings is 1. The van der Waals surface area contributed by atoms with E-state index in [1.807, 2.05) is 54.1 Å². The zero-order valence-electron chi connectivity index (χ0n) is 16.3. The van der Waals surface area contributed by atoms with Gasteiger partial charge in [-0.25, -0.2) is 14.4 Å². The quantitative estimate of drug-likeness (QED) is 0.443. The van der Waals surface area contributed by atoms with E-state index in [4.69, 9.17) is 4.98 Å². The van der Waals surface area contributed by atoms with Crippen LogP contribution in [0.25, 0.3) is 28.0 Å². The number of aromatic nitrogens is 5. The Hall–Kier alpha value is -4.00. The van der Waals surface area contributed by atoms with Crippen LogP contribution in [0, 0.1) is 12.7 Å². The molecule has 0 aliphatic carbocycles. The second-order valence-corrected chi connectivity index (χ2v) is 7.05. The number of aromatic amines is 1. The molecule has 0 aliphatic rings. The molecule has 0 aliphatic heterocycles. The Balaban J connectivity index is 1.55. The first-order valence-corrected chi connectivity index (χ1v) is 9.61. The Labute approximate surface area is 172 Å². The molecule has 2 N–H and O–H groups in total. The number of benzene rings is 2. The number of aryl methyl sites for hydroxylation is 1. The highest BCUT2D eigenvalue weighted by molar-refractivity contribution is 5.83. The molecule has 148 valence electrons. The molecule has 0 saturated carbocycles. The maximum atomic E-state index is 14.0. The lowest BCUT2D eigenvalue weighted by Crippen LogP contribution is -2.09. The van der Waals surface area contributed by atoms with Crippen LogP contribution in [0.1, 0.15) is 11.5 Å². The highest BCUT2D eigenvalue weighted by Gasteiger charge is 2.14. The van der Waals surface area contributed by atoms with E-state index in [1.54, 1.807) is 24.4 Å². The maximum absolute atomic E-state index is 14.0. The summed E-state index contributed by atoms with van der Waals surface area (Å²) in [7, 11) is 0. The third-order valence-corrected chi connectivity index (χ3v) is 4.95. The minimum atomic E-state index is -0.296. The maximum Gasteiger partial charge on any atom is 0.146 e. The van der Waals surface area contributed by atoms with Crippen molar-refractivity contribution in [2.75, 3.05) is 5.32 Å². The van der Waals surface area contributed by atoms with E-state index in [1.165, 1.54) is 6.07 Å². The standard InChI is InChI=1S/C23H19FN6/c1-15-5-4-8-22(27-15)30-14-21(16-9-10-19-17(11-16)12-26-29-19)28-23(30)13-25-20-7-3-2-6-18(20)24/h2-12,14,25H,13H2,1H3,(H,26,29). The highest BCUT2D eigenvalue weighted by atomic mass is 19.1. The molecule has 5 aromatic rings. The summed E-state index contributed by atoms with van der Waals surface area (Å²) in [5.74, 6) is 1.21. The number of nitrogens with zero attached hydrogens (tertiary/aromatic N) is 4. The molecule has 0 atom stereocenters. The number of imidazole rings is 1. The zero-order chi connectivity index (χ0) is 20.5. The summed E-state index contributed by atoms with van der Waals surface area (Å²) < 4.78 is 16.0. The van der Waals surface area contributed by atoms with Crippen LogP contribution in [0.3, 0.4) is 0 Å². The minimum Gasteiger partial charge on any atom is -0.375 e. The fourth-order valence-electron chi connectivity index (χ4n) is 3.42. The van der Waals surface area contributed by atoms with Crippen molar-refractivity contribution in [3.8, 4) is 17.1 Å². The monoisotopic (exact) mass is 398 g/mol. The largest absolute Gasteiger partial charge is 0.375 e. The van der Waals surface area contributed by atoms with Gasteiger partial charge in [0.05, 0.1) is 29.6 Å². The Morgan fingerprint density at radius 2 is 1.93 bits per heavy atom. The summed E-state index contributed by atoms with van der Waals surface area (Å²) in [5.41, 5.74) is 4.11. The molecule has 0 radical (unpaired) electrons. The molecule has 2 aromatic carbocycles. The molecule has 7 heteroatoms. The number of halogens is 1. The molecule has 6 nitrogen and oxygen atoms in total. The number of para-hydroxylation sites is 1. The Morgan fingerprint density at radius 3 is 2.80 bits per heavy atom. The van der Waals surface area contributed by atoms with Gasteiger partial charge in [0.25, 0.3) is 0 Å². The van der Waals surface area contributed by atoms with Crippen LogP contribution < -0.4 is 5.32 Å². The minimum absolute atomic E-state index is 0.296. The number of fused-ring (bicyclic) bond motifs is 1. The fraction of sp³-hybridized carbons (Fsp3) is 0.0870. The molecular weight excluding hydrogens is 379 g/mol. The van der Waals surface area contributed by atoms with Gasteiger partial charge in [0.1, 0.15) is 17.5 Å². The van der Waals surface area contributed by atoms with Crippen molar-refractivity contribution in [3.63, 3.8) is 0 Å². The van der Waals surface area contributed by atoms with Crippen molar-refractivity contribution in [2.24, 2.45) is 0 Å². The smallest absolute Gasteiger partial charge is 0.146 e. The van der Waals surface area contributed by atoms with Crippen molar-refractivity contribution < 1.29 is 4.39 Å². The molecule has 3 heterocycles. The molecule has 0 spiro atoms. The molecular formula is C23H19FN6. The van der Waals surface area contributed by atoms with Crippen molar-refractivity contribution in [3.05, 3.63) is 90.4 Å². The van der Waals surface area contributed by atoms with E-state index in [-0.39, 0.29) is 5.82 Å². The lowest BCUT2D eigenvalue weighted by Gasteiger charge is -2.10. The number of hydrogen-bond donors (Lipinski definition) is 2. The summed E-state index contributed by atoms with van der Waals surface area (Å²) in [6.07, 6.45) is 3.75. The number of rotatable bonds is 5. The third-order valence-electron chi connectivity index (χ3n) is 4.95. The second kappa shape index (κ2) is 7.44. The van der Waals surface area contributed by atoms with Crippen LogP contribution in [-0.4, -0.2) is 24.7 Å². The highest BCUT2D eigenvalue weighted by Crippen LogP contribution is 2.25. The molecule has 0 fully saturated rings. The number of hydrogen-bond acceptors (Lipinski definition) is 4. The van der Waals surface area contributed by atoms with Gasteiger partial charge >= 0.3 is 0 Å². The van der Waals surface area contributed by atoms with E-state index in [0.29, 0.717) is 12.2 Å². The lowest BCUT2D eigenvalue weighted by molar-refractivity contribution is 0.629. The van der Waals surface area contributed by atoms with Crippen LogP contribution in [0.15, 0.2) is 73.1 Å².